The maximum Gasteiger partial charge on any atom is 0.210 e. The van der Waals surface area contributed by atoms with Crippen molar-refractivity contribution in [3.63, 3.8) is 0 Å². The molecule has 0 amide bonds. The molecule has 2 aromatic carbocycles. The Morgan fingerprint density at radius 1 is 0.967 bits per heavy atom. The first-order chi connectivity index (χ1) is 14.5. The number of hydrogen-bond donors (Lipinski definition) is 0. The Balaban J connectivity index is 1.85. The van der Waals surface area contributed by atoms with Crippen LogP contribution in [0, 0.1) is 0 Å². The van der Waals surface area contributed by atoms with E-state index < -0.39 is 9.84 Å². The van der Waals surface area contributed by atoms with Gasteiger partial charge < -0.3 is 14.1 Å². The molecule has 0 N–H and O–H groups in total. The summed E-state index contributed by atoms with van der Waals surface area (Å²) in [6, 6.07) is 14.0. The van der Waals surface area contributed by atoms with Crippen LogP contribution in [0.2, 0.25) is 0 Å². The molecule has 3 rings (SSSR count). The van der Waals surface area contributed by atoms with E-state index in [-0.39, 0.29) is 4.90 Å². The van der Waals surface area contributed by atoms with Crippen molar-refractivity contribution >= 4 is 20.8 Å². The Kier molecular flexibility index (Phi) is 7.56. The average Bonchev–Trinajstić information content (AvgIpc) is 3.15. The minimum Gasteiger partial charge on any atom is -0.492 e. The van der Waals surface area contributed by atoms with Crippen molar-refractivity contribution in [2.75, 3.05) is 26.2 Å². The summed E-state index contributed by atoms with van der Waals surface area (Å²) in [4.78, 5) is 2.82. The van der Waals surface area contributed by atoms with E-state index in [4.69, 9.17) is 9.15 Å². The molecule has 162 valence electrons. The summed E-state index contributed by atoms with van der Waals surface area (Å²) in [7, 11) is -3.70. The fourth-order valence-corrected chi connectivity index (χ4v) is 5.17. The number of rotatable bonds is 11. The number of unbranched alkanes of at least 4 members (excludes halogenated alkanes) is 1. The zero-order valence-corrected chi connectivity index (χ0v) is 18.9. The summed E-state index contributed by atoms with van der Waals surface area (Å²) in [6.07, 6.45) is 2.45. The number of para-hydroxylation sites is 1. The van der Waals surface area contributed by atoms with Crippen LogP contribution in [0.3, 0.4) is 0 Å². The molecule has 1 aromatic heterocycles. The van der Waals surface area contributed by atoms with Crippen LogP contribution in [0.4, 0.5) is 0 Å². The standard InChI is InChI=1S/C24H31NO4S/c1-4-7-11-23-24(21-10-8-9-12-22(21)29-23)30(26,27)20-15-13-19(14-16-20)28-18-17-25(5-2)6-3/h8-10,12-16H,4-7,11,17-18H2,1-3H3. The third-order valence-electron chi connectivity index (χ3n) is 5.35. The van der Waals surface area contributed by atoms with Crippen LogP contribution in [0.15, 0.2) is 62.7 Å². The molecule has 5 nitrogen and oxygen atoms in total. The van der Waals surface area contributed by atoms with Gasteiger partial charge in [-0.2, -0.15) is 0 Å². The summed E-state index contributed by atoms with van der Waals surface area (Å²) in [5.74, 6) is 1.21. The van der Waals surface area contributed by atoms with E-state index >= 15 is 0 Å². The number of aryl methyl sites for hydroxylation is 1. The van der Waals surface area contributed by atoms with Gasteiger partial charge in [-0.25, -0.2) is 8.42 Å². The van der Waals surface area contributed by atoms with E-state index in [1.165, 1.54) is 0 Å². The van der Waals surface area contributed by atoms with Gasteiger partial charge in [0.25, 0.3) is 0 Å². The summed E-state index contributed by atoms with van der Waals surface area (Å²) >= 11 is 0. The smallest absolute Gasteiger partial charge is 0.210 e. The highest BCUT2D eigenvalue weighted by molar-refractivity contribution is 7.91. The van der Waals surface area contributed by atoms with Gasteiger partial charge >= 0.3 is 0 Å². The summed E-state index contributed by atoms with van der Waals surface area (Å²) in [5, 5.41) is 0.642. The second kappa shape index (κ2) is 10.1. The van der Waals surface area contributed by atoms with Gasteiger partial charge in [0.05, 0.1) is 4.90 Å². The fraction of sp³-hybridized carbons (Fsp3) is 0.417. The van der Waals surface area contributed by atoms with Gasteiger partial charge in [0.1, 0.15) is 28.6 Å². The van der Waals surface area contributed by atoms with Gasteiger partial charge in [-0.05, 0) is 55.9 Å². The number of furan rings is 1. The zero-order valence-electron chi connectivity index (χ0n) is 18.1. The molecule has 3 aromatic rings. The number of hydrogen-bond acceptors (Lipinski definition) is 5. The van der Waals surface area contributed by atoms with Crippen molar-refractivity contribution in [2.24, 2.45) is 0 Å². The molecular weight excluding hydrogens is 398 g/mol. The van der Waals surface area contributed by atoms with Gasteiger partial charge in [0.15, 0.2) is 0 Å². The third kappa shape index (κ3) is 4.87. The lowest BCUT2D eigenvalue weighted by molar-refractivity contribution is 0.222. The van der Waals surface area contributed by atoms with E-state index in [0.717, 1.165) is 32.5 Å². The highest BCUT2D eigenvalue weighted by Crippen LogP contribution is 2.35. The van der Waals surface area contributed by atoms with E-state index in [1.54, 1.807) is 24.3 Å². The van der Waals surface area contributed by atoms with Crippen molar-refractivity contribution in [1.29, 1.82) is 0 Å². The van der Waals surface area contributed by atoms with Crippen LogP contribution in [-0.4, -0.2) is 39.6 Å². The van der Waals surface area contributed by atoms with Crippen molar-refractivity contribution in [3.05, 3.63) is 54.3 Å². The Bertz CT molecular complexity index is 1050. The second-order valence-electron chi connectivity index (χ2n) is 7.30. The number of sulfone groups is 1. The highest BCUT2D eigenvalue weighted by Gasteiger charge is 2.27. The Labute approximate surface area is 179 Å². The molecule has 0 aliphatic rings. The molecule has 0 bridgehead atoms. The van der Waals surface area contributed by atoms with Crippen LogP contribution in [0.1, 0.15) is 39.4 Å². The summed E-state index contributed by atoms with van der Waals surface area (Å²) in [6.45, 7) is 9.70. The number of fused-ring (bicyclic) bond motifs is 1. The van der Waals surface area contributed by atoms with Crippen LogP contribution in [0.5, 0.6) is 5.75 Å². The monoisotopic (exact) mass is 429 g/mol. The van der Waals surface area contributed by atoms with Crippen molar-refractivity contribution in [2.45, 2.75) is 49.8 Å². The SMILES string of the molecule is CCCCc1oc2ccccc2c1S(=O)(=O)c1ccc(OCCN(CC)CC)cc1. The lowest BCUT2D eigenvalue weighted by Crippen LogP contribution is -2.27. The van der Waals surface area contributed by atoms with E-state index in [0.29, 0.717) is 40.4 Å². The predicted molar refractivity (Wildman–Crippen MR) is 120 cm³/mol. The van der Waals surface area contributed by atoms with Crippen molar-refractivity contribution in [1.82, 2.24) is 4.90 Å². The molecule has 30 heavy (non-hydrogen) atoms. The highest BCUT2D eigenvalue weighted by atomic mass is 32.2. The predicted octanol–water partition coefficient (Wildman–Crippen LogP) is 5.33. The van der Waals surface area contributed by atoms with Crippen LogP contribution < -0.4 is 4.74 Å². The molecule has 0 atom stereocenters. The maximum atomic E-state index is 13.5. The zero-order chi connectivity index (χ0) is 21.6. The van der Waals surface area contributed by atoms with Crippen LogP contribution >= 0.6 is 0 Å². The number of ether oxygens (including phenoxy) is 1. The normalized spacial score (nSPS) is 12.0. The largest absolute Gasteiger partial charge is 0.492 e. The lowest BCUT2D eigenvalue weighted by atomic mass is 10.2. The molecule has 6 heteroatoms. The second-order valence-corrected chi connectivity index (χ2v) is 9.19. The minimum atomic E-state index is -3.70. The molecule has 0 saturated heterocycles. The first-order valence-corrected chi connectivity index (χ1v) is 12.2. The van der Waals surface area contributed by atoms with Gasteiger partial charge in [-0.1, -0.05) is 39.3 Å². The molecule has 0 spiro atoms. The van der Waals surface area contributed by atoms with E-state index in [1.807, 2.05) is 24.3 Å². The number of benzene rings is 2. The van der Waals surface area contributed by atoms with Crippen molar-refractivity contribution < 1.29 is 17.6 Å². The Morgan fingerprint density at radius 2 is 1.67 bits per heavy atom. The quantitative estimate of drug-likeness (QED) is 0.412. The first-order valence-electron chi connectivity index (χ1n) is 10.7. The molecule has 0 fully saturated rings. The van der Waals surface area contributed by atoms with E-state index in [9.17, 15) is 8.42 Å². The molecule has 0 aliphatic heterocycles. The van der Waals surface area contributed by atoms with Gasteiger partial charge in [0, 0.05) is 18.4 Å². The average molecular weight is 430 g/mol. The number of nitrogens with zero attached hydrogens (tertiary/aromatic N) is 1. The van der Waals surface area contributed by atoms with Crippen LogP contribution in [-0.2, 0) is 16.3 Å². The third-order valence-corrected chi connectivity index (χ3v) is 7.23. The van der Waals surface area contributed by atoms with Gasteiger partial charge in [0.2, 0.25) is 9.84 Å². The Hall–Kier alpha value is -2.31. The van der Waals surface area contributed by atoms with Gasteiger partial charge in [-0.15, -0.1) is 0 Å². The van der Waals surface area contributed by atoms with Crippen molar-refractivity contribution in [3.8, 4) is 5.75 Å². The molecule has 1 heterocycles. The number of likely N-dealkylation sites (N-methyl/N-ethyl adjacent to an activating group) is 1. The molecule has 0 saturated carbocycles. The van der Waals surface area contributed by atoms with Gasteiger partial charge in [-0.3, -0.25) is 0 Å². The summed E-state index contributed by atoms with van der Waals surface area (Å²) < 4.78 is 38.7. The molecular formula is C24H31NO4S. The molecule has 0 radical (unpaired) electrons. The molecule has 0 unspecified atom stereocenters. The fourth-order valence-electron chi connectivity index (χ4n) is 3.53. The first kappa shape index (κ1) is 22.4. The molecule has 0 aliphatic carbocycles. The Morgan fingerprint density at radius 3 is 2.33 bits per heavy atom. The lowest BCUT2D eigenvalue weighted by Gasteiger charge is -2.18. The van der Waals surface area contributed by atoms with Crippen LogP contribution in [0.25, 0.3) is 11.0 Å². The maximum absolute atomic E-state index is 13.5. The summed E-state index contributed by atoms with van der Waals surface area (Å²) in [5.41, 5.74) is 0.610. The minimum absolute atomic E-state index is 0.253. The topological polar surface area (TPSA) is 59.8 Å². The van der Waals surface area contributed by atoms with E-state index in [2.05, 4.69) is 25.7 Å².